The van der Waals surface area contributed by atoms with Crippen LogP contribution in [0.25, 0.3) is 22.6 Å². The van der Waals surface area contributed by atoms with Gasteiger partial charge in [0.05, 0.1) is 28.3 Å². The van der Waals surface area contributed by atoms with Gasteiger partial charge in [-0.3, -0.25) is 10.1 Å². The van der Waals surface area contributed by atoms with Crippen LogP contribution in [0.4, 0.5) is 5.69 Å². The number of benzene rings is 1. The molecule has 0 fully saturated rings. The second-order valence-electron chi connectivity index (χ2n) is 3.88. The van der Waals surface area contributed by atoms with Crippen LogP contribution >= 0.6 is 0 Å². The molecular weight excluding hydrogens is 234 g/mol. The first-order valence-electron chi connectivity index (χ1n) is 5.32. The maximum atomic E-state index is 10.9. The van der Waals surface area contributed by atoms with Gasteiger partial charge in [-0.05, 0) is 12.1 Å². The molecule has 0 aliphatic carbocycles. The minimum Gasteiger partial charge on any atom is -0.454 e. The molecule has 90 valence electrons. The summed E-state index contributed by atoms with van der Waals surface area (Å²) in [5.74, 6) is 0.631. The summed E-state index contributed by atoms with van der Waals surface area (Å²) in [4.78, 5) is 14.8. The van der Waals surface area contributed by atoms with E-state index < -0.39 is 4.92 Å². The summed E-state index contributed by atoms with van der Waals surface area (Å²) < 4.78 is 6.98. The van der Waals surface area contributed by atoms with Crippen LogP contribution in [0.3, 0.4) is 0 Å². The van der Waals surface area contributed by atoms with Crippen molar-refractivity contribution in [1.82, 2.24) is 9.55 Å². The second kappa shape index (κ2) is 3.69. The molecule has 0 amide bonds. The van der Waals surface area contributed by atoms with Gasteiger partial charge in [-0.15, -0.1) is 0 Å². The fourth-order valence-electron chi connectivity index (χ4n) is 1.96. The first kappa shape index (κ1) is 10.5. The van der Waals surface area contributed by atoms with Crippen molar-refractivity contribution >= 4 is 16.7 Å². The monoisotopic (exact) mass is 243 g/mol. The van der Waals surface area contributed by atoms with Gasteiger partial charge >= 0.3 is 5.69 Å². The first-order valence-corrected chi connectivity index (χ1v) is 5.32. The summed E-state index contributed by atoms with van der Waals surface area (Å²) in [5, 5.41) is 10.9. The van der Waals surface area contributed by atoms with Gasteiger partial charge in [-0.2, -0.15) is 0 Å². The summed E-state index contributed by atoms with van der Waals surface area (Å²) in [5.41, 5.74) is 1.60. The van der Waals surface area contributed by atoms with Gasteiger partial charge in [-0.25, -0.2) is 4.98 Å². The van der Waals surface area contributed by atoms with Crippen LogP contribution in [0.15, 0.2) is 41.0 Å². The molecule has 6 heteroatoms. The van der Waals surface area contributed by atoms with E-state index in [1.807, 2.05) is 24.3 Å². The molecule has 2 aromatic heterocycles. The first-order chi connectivity index (χ1) is 8.68. The van der Waals surface area contributed by atoms with Crippen molar-refractivity contribution in [2.75, 3.05) is 0 Å². The molecule has 3 rings (SSSR count). The lowest BCUT2D eigenvalue weighted by Crippen LogP contribution is -1.94. The lowest BCUT2D eigenvalue weighted by atomic mass is 10.3. The van der Waals surface area contributed by atoms with E-state index in [-0.39, 0.29) is 11.4 Å². The number of nitro groups is 1. The molecular formula is C12H9N3O3. The normalized spacial score (nSPS) is 10.9. The smallest absolute Gasteiger partial charge is 0.318 e. The molecule has 0 atom stereocenters. The highest BCUT2D eigenvalue weighted by atomic mass is 16.6. The zero-order chi connectivity index (χ0) is 12.7. The van der Waals surface area contributed by atoms with Crippen molar-refractivity contribution in [1.29, 1.82) is 0 Å². The third kappa shape index (κ3) is 1.39. The van der Waals surface area contributed by atoms with E-state index in [9.17, 15) is 10.1 Å². The predicted molar refractivity (Wildman–Crippen MR) is 65.1 cm³/mol. The fourth-order valence-corrected chi connectivity index (χ4v) is 1.96. The van der Waals surface area contributed by atoms with Gasteiger partial charge in [0.15, 0.2) is 5.82 Å². The highest BCUT2D eigenvalue weighted by Crippen LogP contribution is 2.31. The number of fused-ring (bicyclic) bond motifs is 1. The van der Waals surface area contributed by atoms with Crippen molar-refractivity contribution in [2.24, 2.45) is 7.05 Å². The summed E-state index contributed by atoms with van der Waals surface area (Å²) in [6.07, 6.45) is 1.30. The molecule has 0 N–H and O–H groups in total. The number of rotatable bonds is 2. The Morgan fingerprint density at radius 2 is 2.11 bits per heavy atom. The van der Waals surface area contributed by atoms with Gasteiger partial charge in [0.2, 0.25) is 5.76 Å². The Morgan fingerprint density at radius 1 is 1.33 bits per heavy atom. The van der Waals surface area contributed by atoms with Gasteiger partial charge in [0.25, 0.3) is 0 Å². The molecule has 0 aliphatic rings. The van der Waals surface area contributed by atoms with Crippen molar-refractivity contribution in [3.63, 3.8) is 0 Å². The number of hydrogen-bond donors (Lipinski definition) is 0. The summed E-state index contributed by atoms with van der Waals surface area (Å²) in [6, 6.07) is 8.85. The Bertz CT molecular complexity index is 742. The van der Waals surface area contributed by atoms with Crippen LogP contribution in [0, 0.1) is 10.1 Å². The molecule has 0 saturated carbocycles. The van der Waals surface area contributed by atoms with Crippen molar-refractivity contribution in [3.05, 3.63) is 46.7 Å². The molecule has 0 unspecified atom stereocenters. The van der Waals surface area contributed by atoms with Crippen LogP contribution in [0.2, 0.25) is 0 Å². The highest BCUT2D eigenvalue weighted by molar-refractivity contribution is 5.81. The summed E-state index contributed by atoms with van der Waals surface area (Å²) in [6.45, 7) is 0. The fraction of sp³-hybridized carbons (Fsp3) is 0.0833. The zero-order valence-electron chi connectivity index (χ0n) is 9.53. The number of para-hydroxylation sites is 2. The quantitative estimate of drug-likeness (QED) is 0.512. The number of aromatic nitrogens is 2. The minimum absolute atomic E-state index is 0.0755. The molecule has 1 aromatic carbocycles. The maximum Gasteiger partial charge on any atom is 0.318 e. The number of aryl methyl sites for hydroxylation is 1. The molecule has 0 saturated heterocycles. The Balaban J connectivity index is 2.29. The van der Waals surface area contributed by atoms with Gasteiger partial charge in [-0.1, -0.05) is 12.1 Å². The second-order valence-corrected chi connectivity index (χ2v) is 3.88. The van der Waals surface area contributed by atoms with Gasteiger partial charge in [0, 0.05) is 7.05 Å². The van der Waals surface area contributed by atoms with Crippen LogP contribution in [-0.2, 0) is 7.05 Å². The topological polar surface area (TPSA) is 74.1 Å². The zero-order valence-corrected chi connectivity index (χ0v) is 9.53. The summed E-state index contributed by atoms with van der Waals surface area (Å²) >= 11 is 0. The molecule has 2 heterocycles. The van der Waals surface area contributed by atoms with Gasteiger partial charge in [0.1, 0.15) is 0 Å². The average Bonchev–Trinajstić information content (AvgIpc) is 2.94. The van der Waals surface area contributed by atoms with Crippen molar-refractivity contribution < 1.29 is 9.34 Å². The van der Waals surface area contributed by atoms with E-state index in [0.717, 1.165) is 11.0 Å². The van der Waals surface area contributed by atoms with E-state index in [2.05, 4.69) is 4.98 Å². The Labute approximate surface area is 102 Å². The molecule has 0 aliphatic heterocycles. The summed E-state index contributed by atoms with van der Waals surface area (Å²) in [7, 11) is 1.80. The largest absolute Gasteiger partial charge is 0.454 e. The third-order valence-electron chi connectivity index (χ3n) is 2.83. The predicted octanol–water partition coefficient (Wildman–Crippen LogP) is 2.74. The van der Waals surface area contributed by atoms with E-state index in [1.54, 1.807) is 11.6 Å². The Hall–Kier alpha value is -2.63. The average molecular weight is 243 g/mol. The molecule has 6 nitrogen and oxygen atoms in total. The molecule has 3 aromatic rings. The standard InChI is InChI=1S/C12H9N3O3/c1-14-9-5-3-2-4-8(9)13-12(14)11-10(15(16)17)6-7-18-11/h2-7H,1H3. The van der Waals surface area contributed by atoms with E-state index in [1.165, 1.54) is 12.3 Å². The number of hydrogen-bond acceptors (Lipinski definition) is 4. The Kier molecular flexibility index (Phi) is 2.16. The SMILES string of the molecule is Cn1c(-c2occc2[N+](=O)[O-])nc2ccccc21. The third-order valence-corrected chi connectivity index (χ3v) is 2.83. The highest BCUT2D eigenvalue weighted by Gasteiger charge is 2.23. The molecule has 0 bridgehead atoms. The van der Waals surface area contributed by atoms with E-state index >= 15 is 0 Å². The Morgan fingerprint density at radius 3 is 2.83 bits per heavy atom. The number of nitrogens with zero attached hydrogens (tertiary/aromatic N) is 3. The molecule has 0 radical (unpaired) electrons. The van der Waals surface area contributed by atoms with E-state index in [0.29, 0.717) is 5.82 Å². The number of imidazole rings is 1. The molecule has 0 spiro atoms. The van der Waals surface area contributed by atoms with Crippen LogP contribution in [0.1, 0.15) is 0 Å². The molecule has 18 heavy (non-hydrogen) atoms. The van der Waals surface area contributed by atoms with Crippen LogP contribution in [0.5, 0.6) is 0 Å². The van der Waals surface area contributed by atoms with Crippen LogP contribution in [-0.4, -0.2) is 14.5 Å². The minimum atomic E-state index is -0.474. The maximum absolute atomic E-state index is 10.9. The number of furan rings is 1. The van der Waals surface area contributed by atoms with Crippen LogP contribution < -0.4 is 0 Å². The lowest BCUT2D eigenvalue weighted by molar-refractivity contribution is -0.384. The van der Waals surface area contributed by atoms with Crippen molar-refractivity contribution in [3.8, 4) is 11.6 Å². The van der Waals surface area contributed by atoms with E-state index in [4.69, 9.17) is 4.42 Å². The lowest BCUT2D eigenvalue weighted by Gasteiger charge is -1.98. The van der Waals surface area contributed by atoms with Crippen molar-refractivity contribution in [2.45, 2.75) is 0 Å². The van der Waals surface area contributed by atoms with Gasteiger partial charge < -0.3 is 8.98 Å².